The quantitative estimate of drug-likeness (QED) is 0.396. The topological polar surface area (TPSA) is 67.2 Å². The van der Waals surface area contributed by atoms with E-state index in [2.05, 4.69) is 44.2 Å². The van der Waals surface area contributed by atoms with Crippen LogP contribution in [0.15, 0.2) is 59.9 Å². The first-order valence-corrected chi connectivity index (χ1v) is 11.7. The fraction of sp³-hybridized carbons (Fsp3) is 0.333. The molecule has 3 aromatic heterocycles. The fourth-order valence-corrected chi connectivity index (χ4v) is 5.00. The summed E-state index contributed by atoms with van der Waals surface area (Å²) in [6, 6.07) is 8.05. The highest BCUT2D eigenvalue weighted by Gasteiger charge is 2.22. The Hall–Kier alpha value is -2.49. The van der Waals surface area contributed by atoms with Crippen LogP contribution in [0.4, 0.5) is 0 Å². The van der Waals surface area contributed by atoms with Gasteiger partial charge in [0.05, 0.1) is 5.75 Å². The molecule has 0 aliphatic carbocycles. The number of carbonyl (C=O) groups is 1. The Morgan fingerprint density at radius 2 is 1.97 bits per heavy atom. The van der Waals surface area contributed by atoms with E-state index in [0.29, 0.717) is 12.3 Å². The first kappa shape index (κ1) is 20.8. The Balaban J connectivity index is 1.33. The third-order valence-corrected chi connectivity index (χ3v) is 6.79. The summed E-state index contributed by atoms with van der Waals surface area (Å²) in [6.45, 7) is 8.75. The molecule has 0 bridgehead atoms. The van der Waals surface area contributed by atoms with E-state index in [1.165, 1.54) is 16.6 Å². The molecule has 0 N–H and O–H groups in total. The normalized spacial score (nSPS) is 14.7. The first-order valence-electron chi connectivity index (χ1n) is 9.84. The van der Waals surface area contributed by atoms with E-state index in [9.17, 15) is 4.79 Å². The van der Waals surface area contributed by atoms with Crippen LogP contribution in [0.5, 0.6) is 0 Å². The van der Waals surface area contributed by atoms with Crippen LogP contribution in [-0.4, -0.2) is 67.4 Å². The second kappa shape index (κ2) is 10.0. The number of hydrogen-bond donors (Lipinski definition) is 0. The number of carbonyl (C=O) groups excluding carboxylic acids is 1. The highest BCUT2D eigenvalue weighted by atomic mass is 32.2. The lowest BCUT2D eigenvalue weighted by atomic mass is 10.2. The highest BCUT2D eigenvalue weighted by Crippen LogP contribution is 2.24. The molecule has 9 heteroatoms. The number of hydrogen-bond acceptors (Lipinski definition) is 7. The number of amides is 1. The van der Waals surface area contributed by atoms with E-state index in [0.717, 1.165) is 49.3 Å². The van der Waals surface area contributed by atoms with Crippen LogP contribution >= 0.6 is 23.1 Å². The van der Waals surface area contributed by atoms with Gasteiger partial charge in [-0.05, 0) is 23.6 Å². The lowest BCUT2D eigenvalue weighted by molar-refractivity contribution is -0.130. The molecule has 0 spiro atoms. The number of nitrogens with zero attached hydrogens (tertiary/aromatic N) is 6. The summed E-state index contributed by atoms with van der Waals surface area (Å²) in [5.74, 6) is 1.26. The van der Waals surface area contributed by atoms with Gasteiger partial charge in [0.15, 0.2) is 11.0 Å². The van der Waals surface area contributed by atoms with Crippen molar-refractivity contribution in [1.82, 2.24) is 29.5 Å². The fourth-order valence-electron chi connectivity index (χ4n) is 3.40. The van der Waals surface area contributed by atoms with Gasteiger partial charge in [0, 0.05) is 62.1 Å². The van der Waals surface area contributed by atoms with Gasteiger partial charge >= 0.3 is 0 Å². The molecule has 0 radical (unpaired) electrons. The molecular weight excluding hydrogens is 416 g/mol. The molecule has 4 heterocycles. The second-order valence-corrected chi connectivity index (χ2v) is 8.94. The molecule has 0 atom stereocenters. The summed E-state index contributed by atoms with van der Waals surface area (Å²) in [7, 11) is 0. The summed E-state index contributed by atoms with van der Waals surface area (Å²) in [4.78, 5) is 22.5. The maximum atomic E-state index is 12.7. The Morgan fingerprint density at radius 3 is 2.67 bits per heavy atom. The van der Waals surface area contributed by atoms with Crippen LogP contribution in [0.1, 0.15) is 4.88 Å². The Kier molecular flexibility index (Phi) is 6.93. The number of aromatic nitrogens is 4. The minimum absolute atomic E-state index is 0.148. The minimum Gasteiger partial charge on any atom is -0.339 e. The van der Waals surface area contributed by atoms with Crippen molar-refractivity contribution in [3.05, 3.63) is 59.6 Å². The van der Waals surface area contributed by atoms with Gasteiger partial charge in [-0.15, -0.1) is 28.1 Å². The van der Waals surface area contributed by atoms with Gasteiger partial charge in [0.1, 0.15) is 0 Å². The highest BCUT2D eigenvalue weighted by molar-refractivity contribution is 7.99. The molecule has 0 saturated carbocycles. The molecule has 30 heavy (non-hydrogen) atoms. The average molecular weight is 441 g/mol. The van der Waals surface area contributed by atoms with E-state index >= 15 is 0 Å². The van der Waals surface area contributed by atoms with Crippen LogP contribution in [0.3, 0.4) is 0 Å². The van der Waals surface area contributed by atoms with Crippen LogP contribution in [0.25, 0.3) is 11.4 Å². The molecule has 4 rings (SSSR count). The molecule has 1 aliphatic rings. The number of thiophene rings is 1. The molecule has 1 fully saturated rings. The zero-order valence-corrected chi connectivity index (χ0v) is 18.3. The Morgan fingerprint density at radius 1 is 1.17 bits per heavy atom. The maximum absolute atomic E-state index is 12.7. The number of pyridine rings is 1. The number of thioether (sulfide) groups is 1. The van der Waals surface area contributed by atoms with Gasteiger partial charge in [-0.25, -0.2) is 0 Å². The second-order valence-electron chi connectivity index (χ2n) is 6.97. The van der Waals surface area contributed by atoms with Gasteiger partial charge in [0.2, 0.25) is 5.91 Å². The molecule has 156 valence electrons. The van der Waals surface area contributed by atoms with E-state index in [4.69, 9.17) is 0 Å². The molecule has 7 nitrogen and oxygen atoms in total. The van der Waals surface area contributed by atoms with Crippen molar-refractivity contribution in [2.24, 2.45) is 0 Å². The van der Waals surface area contributed by atoms with Crippen LogP contribution in [-0.2, 0) is 17.9 Å². The summed E-state index contributed by atoms with van der Waals surface area (Å²) < 4.78 is 1.99. The molecule has 0 aromatic carbocycles. The van der Waals surface area contributed by atoms with Crippen molar-refractivity contribution in [3.8, 4) is 11.4 Å². The van der Waals surface area contributed by atoms with Crippen LogP contribution < -0.4 is 0 Å². The van der Waals surface area contributed by atoms with Gasteiger partial charge in [-0.1, -0.05) is 23.9 Å². The number of rotatable bonds is 8. The van der Waals surface area contributed by atoms with Gasteiger partial charge in [-0.2, -0.15) is 0 Å². The summed E-state index contributed by atoms with van der Waals surface area (Å²) in [5.41, 5.74) is 0.944. The van der Waals surface area contributed by atoms with Gasteiger partial charge < -0.3 is 4.90 Å². The van der Waals surface area contributed by atoms with Crippen molar-refractivity contribution in [2.75, 3.05) is 31.9 Å². The molecule has 1 amide bonds. The first-order chi connectivity index (χ1) is 14.7. The predicted molar refractivity (Wildman–Crippen MR) is 120 cm³/mol. The SMILES string of the molecule is C=CCn1c(SCC(=O)N2CCN(Cc3cccs3)CC2)nnc1-c1ccncc1. The molecule has 0 unspecified atom stereocenters. The standard InChI is InChI=1S/C21H24N6OS2/c1-2-9-27-20(17-5-7-22-8-6-17)23-24-21(27)30-16-19(28)26-12-10-25(11-13-26)15-18-4-3-14-29-18/h2-8,14H,1,9-13,15-16H2. The summed E-state index contributed by atoms with van der Waals surface area (Å²) >= 11 is 3.22. The maximum Gasteiger partial charge on any atom is 0.233 e. The number of allylic oxidation sites excluding steroid dienone is 1. The average Bonchev–Trinajstić information content (AvgIpc) is 3.43. The lowest BCUT2D eigenvalue weighted by Gasteiger charge is -2.34. The zero-order chi connectivity index (χ0) is 20.8. The molecule has 1 saturated heterocycles. The lowest BCUT2D eigenvalue weighted by Crippen LogP contribution is -2.48. The Bertz CT molecular complexity index is 965. The third-order valence-electron chi connectivity index (χ3n) is 4.98. The summed E-state index contributed by atoms with van der Waals surface area (Å²) in [5, 5.41) is 11.5. The largest absolute Gasteiger partial charge is 0.339 e. The predicted octanol–water partition coefficient (Wildman–Crippen LogP) is 3.02. The molecular formula is C21H24N6OS2. The van der Waals surface area contributed by atoms with Crippen molar-refractivity contribution in [3.63, 3.8) is 0 Å². The number of piperazine rings is 1. The van der Waals surface area contributed by atoms with Gasteiger partial charge in [-0.3, -0.25) is 19.2 Å². The summed E-state index contributed by atoms with van der Waals surface area (Å²) in [6.07, 6.45) is 5.28. The van der Waals surface area contributed by atoms with Crippen molar-refractivity contribution in [1.29, 1.82) is 0 Å². The van der Waals surface area contributed by atoms with Crippen LogP contribution in [0.2, 0.25) is 0 Å². The van der Waals surface area contributed by atoms with E-state index in [1.54, 1.807) is 23.7 Å². The molecule has 3 aromatic rings. The van der Waals surface area contributed by atoms with E-state index in [1.807, 2.05) is 27.7 Å². The monoisotopic (exact) mass is 440 g/mol. The van der Waals surface area contributed by atoms with Crippen molar-refractivity contribution < 1.29 is 4.79 Å². The zero-order valence-electron chi connectivity index (χ0n) is 16.7. The minimum atomic E-state index is 0.148. The Labute approximate surface area is 184 Å². The third kappa shape index (κ3) is 4.97. The van der Waals surface area contributed by atoms with Crippen molar-refractivity contribution >= 4 is 29.0 Å². The van der Waals surface area contributed by atoms with Crippen molar-refractivity contribution in [2.45, 2.75) is 18.2 Å². The smallest absolute Gasteiger partial charge is 0.233 e. The van der Waals surface area contributed by atoms with Crippen LogP contribution in [0, 0.1) is 0 Å². The van der Waals surface area contributed by atoms with E-state index in [-0.39, 0.29) is 5.91 Å². The molecule has 1 aliphatic heterocycles. The van der Waals surface area contributed by atoms with E-state index < -0.39 is 0 Å². The van der Waals surface area contributed by atoms with Gasteiger partial charge in [0.25, 0.3) is 0 Å².